The number of carbonyl (C=O) groups is 1. The van der Waals surface area contributed by atoms with Gasteiger partial charge in [-0.25, -0.2) is 4.79 Å². The zero-order valence-corrected chi connectivity index (χ0v) is 11.9. The van der Waals surface area contributed by atoms with Gasteiger partial charge < -0.3 is 9.84 Å². The summed E-state index contributed by atoms with van der Waals surface area (Å²) in [5, 5.41) is 27.5. The lowest BCUT2D eigenvalue weighted by molar-refractivity contribution is -0.384. The third-order valence-electron chi connectivity index (χ3n) is 2.47. The number of aliphatic hydroxyl groups is 1. The highest BCUT2D eigenvalue weighted by Gasteiger charge is 2.14. The molecular formula is C13H15N3O5. The first-order valence-corrected chi connectivity index (χ1v) is 6.10. The molecule has 112 valence electrons. The fourth-order valence-electron chi connectivity index (χ4n) is 1.38. The molecule has 0 aliphatic heterocycles. The maximum absolute atomic E-state index is 11.6. The molecule has 1 aromatic carbocycles. The van der Waals surface area contributed by atoms with Gasteiger partial charge in [0.15, 0.2) is 0 Å². The lowest BCUT2D eigenvalue weighted by Crippen LogP contribution is -2.07. The molecule has 0 spiro atoms. The summed E-state index contributed by atoms with van der Waals surface area (Å²) in [6, 6.07) is 4.09. The maximum atomic E-state index is 11.6. The molecule has 0 amide bonds. The van der Waals surface area contributed by atoms with Gasteiger partial charge in [0.2, 0.25) is 5.70 Å². The van der Waals surface area contributed by atoms with Crippen molar-refractivity contribution in [3.8, 4) is 0 Å². The molecular weight excluding hydrogens is 278 g/mol. The standard InChI is InChI=1S/C13H15N3O5/c1-4-21-13(18)12(9(3)17)15-14-11-7-10(16(19)20)6-5-8(11)2/h5-7,17H,4H2,1-3H3/b12-9+,15-14?. The minimum absolute atomic E-state index is 0.126. The number of aliphatic hydroxyl groups excluding tert-OH is 1. The summed E-state index contributed by atoms with van der Waals surface area (Å²) in [4.78, 5) is 21.7. The van der Waals surface area contributed by atoms with Crippen LogP contribution in [-0.4, -0.2) is 22.6 Å². The van der Waals surface area contributed by atoms with E-state index in [4.69, 9.17) is 4.74 Å². The third-order valence-corrected chi connectivity index (χ3v) is 2.47. The van der Waals surface area contributed by atoms with Crippen molar-refractivity contribution < 1.29 is 19.6 Å². The first-order valence-electron chi connectivity index (χ1n) is 6.10. The molecule has 1 aromatic rings. The normalized spacial score (nSPS) is 12.1. The molecule has 0 atom stereocenters. The van der Waals surface area contributed by atoms with E-state index < -0.39 is 10.9 Å². The summed E-state index contributed by atoms with van der Waals surface area (Å²) in [5.74, 6) is -1.16. The number of ether oxygens (including phenoxy) is 1. The topological polar surface area (TPSA) is 114 Å². The quantitative estimate of drug-likeness (QED) is 0.223. The number of rotatable bonds is 5. The van der Waals surface area contributed by atoms with Gasteiger partial charge in [-0.1, -0.05) is 6.07 Å². The fourth-order valence-corrected chi connectivity index (χ4v) is 1.38. The van der Waals surface area contributed by atoms with Gasteiger partial charge in [0.25, 0.3) is 5.69 Å². The number of carbonyl (C=O) groups excluding carboxylic acids is 1. The molecule has 1 rings (SSSR count). The van der Waals surface area contributed by atoms with E-state index in [1.54, 1.807) is 13.8 Å². The molecule has 0 saturated heterocycles. The Morgan fingerprint density at radius 2 is 2.14 bits per heavy atom. The van der Waals surface area contributed by atoms with Crippen LogP contribution in [0, 0.1) is 17.0 Å². The Labute approximate surface area is 120 Å². The highest BCUT2D eigenvalue weighted by molar-refractivity contribution is 5.88. The van der Waals surface area contributed by atoms with Crippen molar-refractivity contribution in [3.05, 3.63) is 45.3 Å². The van der Waals surface area contributed by atoms with Gasteiger partial charge in [-0.3, -0.25) is 10.1 Å². The molecule has 0 aliphatic rings. The van der Waals surface area contributed by atoms with E-state index in [-0.39, 0.29) is 29.4 Å². The number of benzene rings is 1. The fraction of sp³-hybridized carbons (Fsp3) is 0.308. The van der Waals surface area contributed by atoms with Crippen LogP contribution in [0.1, 0.15) is 19.4 Å². The molecule has 0 saturated carbocycles. The van der Waals surface area contributed by atoms with Crippen LogP contribution in [0.25, 0.3) is 0 Å². The summed E-state index contributed by atoms with van der Waals surface area (Å²) in [5.41, 5.74) is 0.384. The number of nitro groups is 1. The number of allylic oxidation sites excluding steroid dienone is 1. The minimum Gasteiger partial charge on any atom is -0.510 e. The van der Waals surface area contributed by atoms with Crippen molar-refractivity contribution >= 4 is 17.3 Å². The van der Waals surface area contributed by atoms with Gasteiger partial charge in [0.05, 0.1) is 17.2 Å². The number of non-ortho nitro benzene ring substituents is 1. The van der Waals surface area contributed by atoms with Gasteiger partial charge in [-0.2, -0.15) is 0 Å². The third kappa shape index (κ3) is 4.37. The summed E-state index contributed by atoms with van der Waals surface area (Å²) in [6.07, 6.45) is 0. The van der Waals surface area contributed by atoms with Crippen molar-refractivity contribution in [2.24, 2.45) is 10.2 Å². The van der Waals surface area contributed by atoms with E-state index in [9.17, 15) is 20.0 Å². The summed E-state index contributed by atoms with van der Waals surface area (Å²) in [6.45, 7) is 4.70. The number of hydrogen-bond donors (Lipinski definition) is 1. The van der Waals surface area contributed by atoms with Gasteiger partial charge in [0.1, 0.15) is 5.76 Å². The van der Waals surface area contributed by atoms with E-state index in [2.05, 4.69) is 10.2 Å². The molecule has 0 aliphatic carbocycles. The second kappa shape index (κ2) is 7.13. The van der Waals surface area contributed by atoms with Crippen LogP contribution in [0.5, 0.6) is 0 Å². The van der Waals surface area contributed by atoms with Crippen molar-refractivity contribution in [2.75, 3.05) is 6.61 Å². The number of aryl methyl sites for hydroxylation is 1. The Hall–Kier alpha value is -2.77. The first-order chi connectivity index (χ1) is 9.86. The van der Waals surface area contributed by atoms with Crippen molar-refractivity contribution in [1.82, 2.24) is 0 Å². The number of esters is 1. The highest BCUT2D eigenvalue weighted by Crippen LogP contribution is 2.25. The minimum atomic E-state index is -0.815. The highest BCUT2D eigenvalue weighted by atomic mass is 16.6. The Kier molecular flexibility index (Phi) is 5.53. The average Bonchev–Trinajstić information content (AvgIpc) is 2.40. The molecule has 0 aromatic heterocycles. The molecule has 8 heteroatoms. The van der Waals surface area contributed by atoms with Crippen LogP contribution in [-0.2, 0) is 9.53 Å². The molecule has 0 unspecified atom stereocenters. The Morgan fingerprint density at radius 3 is 2.67 bits per heavy atom. The van der Waals surface area contributed by atoms with Crippen LogP contribution in [0.3, 0.4) is 0 Å². The molecule has 8 nitrogen and oxygen atoms in total. The van der Waals surface area contributed by atoms with Crippen LogP contribution < -0.4 is 0 Å². The largest absolute Gasteiger partial charge is 0.510 e. The summed E-state index contributed by atoms with van der Waals surface area (Å²) < 4.78 is 4.73. The van der Waals surface area contributed by atoms with Gasteiger partial charge in [0, 0.05) is 12.1 Å². The van der Waals surface area contributed by atoms with Crippen molar-refractivity contribution in [3.63, 3.8) is 0 Å². The molecule has 0 bridgehead atoms. The second-order valence-electron chi connectivity index (χ2n) is 4.08. The van der Waals surface area contributed by atoms with E-state index in [1.807, 2.05) is 0 Å². The smallest absolute Gasteiger partial charge is 0.362 e. The van der Waals surface area contributed by atoms with Gasteiger partial charge >= 0.3 is 5.97 Å². The van der Waals surface area contributed by atoms with Crippen LogP contribution in [0.2, 0.25) is 0 Å². The van der Waals surface area contributed by atoms with E-state index in [1.165, 1.54) is 25.1 Å². The summed E-state index contributed by atoms with van der Waals surface area (Å²) in [7, 11) is 0. The van der Waals surface area contributed by atoms with E-state index in [0.717, 1.165) is 0 Å². The number of nitrogens with zero attached hydrogens (tertiary/aromatic N) is 3. The first kappa shape index (κ1) is 16.3. The monoisotopic (exact) mass is 293 g/mol. The van der Waals surface area contributed by atoms with Crippen molar-refractivity contribution in [1.29, 1.82) is 0 Å². The Morgan fingerprint density at radius 1 is 1.48 bits per heavy atom. The lowest BCUT2D eigenvalue weighted by Gasteiger charge is -2.03. The van der Waals surface area contributed by atoms with Crippen LogP contribution in [0.15, 0.2) is 39.9 Å². The molecule has 1 N–H and O–H groups in total. The van der Waals surface area contributed by atoms with Gasteiger partial charge in [-0.05, 0) is 26.3 Å². The number of nitro benzene ring substituents is 1. The predicted octanol–water partition coefficient (Wildman–Crippen LogP) is 3.34. The van der Waals surface area contributed by atoms with Crippen LogP contribution >= 0.6 is 0 Å². The molecule has 0 fully saturated rings. The predicted molar refractivity (Wildman–Crippen MR) is 74.3 cm³/mol. The molecule has 0 radical (unpaired) electrons. The number of hydrogen-bond acceptors (Lipinski definition) is 7. The maximum Gasteiger partial charge on any atom is 0.362 e. The Balaban J connectivity index is 3.13. The summed E-state index contributed by atoms with van der Waals surface area (Å²) >= 11 is 0. The van der Waals surface area contributed by atoms with Gasteiger partial charge in [-0.15, -0.1) is 10.2 Å². The number of azo groups is 1. The zero-order chi connectivity index (χ0) is 16.0. The lowest BCUT2D eigenvalue weighted by atomic mass is 10.2. The Bertz CT molecular complexity index is 618. The molecule has 21 heavy (non-hydrogen) atoms. The zero-order valence-electron chi connectivity index (χ0n) is 11.9. The van der Waals surface area contributed by atoms with E-state index >= 15 is 0 Å². The SMILES string of the molecule is CCOC(=O)/C(N=Nc1cc([N+](=O)[O-])ccc1C)=C(/C)O. The second-order valence-corrected chi connectivity index (χ2v) is 4.08. The van der Waals surface area contributed by atoms with Crippen molar-refractivity contribution in [2.45, 2.75) is 20.8 Å². The van der Waals surface area contributed by atoms with E-state index in [0.29, 0.717) is 5.56 Å². The average molecular weight is 293 g/mol. The van der Waals surface area contributed by atoms with Crippen LogP contribution in [0.4, 0.5) is 11.4 Å². The molecule has 0 heterocycles.